The van der Waals surface area contributed by atoms with Crippen LogP contribution in [0.25, 0.3) is 0 Å². The van der Waals surface area contributed by atoms with Gasteiger partial charge >= 0.3 is 0 Å². The molecule has 1 aromatic heterocycles. The van der Waals surface area contributed by atoms with Crippen LogP contribution in [-0.2, 0) is 5.75 Å². The largest absolute Gasteiger partial charge is 0.493 e. The van der Waals surface area contributed by atoms with E-state index in [2.05, 4.69) is 20.3 Å². The van der Waals surface area contributed by atoms with Crippen molar-refractivity contribution < 1.29 is 4.74 Å². The van der Waals surface area contributed by atoms with Crippen LogP contribution in [0.2, 0.25) is 0 Å². The molecule has 3 aromatic rings. The van der Waals surface area contributed by atoms with E-state index in [9.17, 15) is 0 Å². The lowest BCUT2D eigenvalue weighted by molar-refractivity contribution is 0.343. The van der Waals surface area contributed by atoms with Gasteiger partial charge in [-0.3, -0.25) is 0 Å². The van der Waals surface area contributed by atoms with E-state index in [0.29, 0.717) is 24.1 Å². The molecule has 0 saturated carbocycles. The lowest BCUT2D eigenvalue weighted by atomic mass is 10.2. The molecule has 0 aliphatic heterocycles. The summed E-state index contributed by atoms with van der Waals surface area (Å²) in [6.45, 7) is 2.68. The van der Waals surface area contributed by atoms with Crippen molar-refractivity contribution in [3.63, 3.8) is 0 Å². The predicted octanol–water partition coefficient (Wildman–Crippen LogP) is 3.82. The summed E-state index contributed by atoms with van der Waals surface area (Å²) in [6.07, 6.45) is 0. The number of benzene rings is 2. The number of thioether (sulfide) groups is 1. The average molecular weight is 367 g/mol. The van der Waals surface area contributed by atoms with Gasteiger partial charge in [0.15, 0.2) is 0 Å². The fourth-order valence-corrected chi connectivity index (χ4v) is 2.95. The van der Waals surface area contributed by atoms with Crippen LogP contribution in [0.1, 0.15) is 11.4 Å². The topological polar surface area (TPSA) is 86.0 Å². The monoisotopic (exact) mass is 367 g/mol. The second-order valence-corrected chi connectivity index (χ2v) is 6.75. The van der Waals surface area contributed by atoms with Crippen LogP contribution in [0, 0.1) is 6.92 Å². The summed E-state index contributed by atoms with van der Waals surface area (Å²) >= 11 is 1.69. The van der Waals surface area contributed by atoms with Gasteiger partial charge in [-0.15, -0.1) is 0 Å². The Labute approximate surface area is 157 Å². The van der Waals surface area contributed by atoms with E-state index >= 15 is 0 Å². The predicted molar refractivity (Wildman–Crippen MR) is 107 cm³/mol. The van der Waals surface area contributed by atoms with Crippen LogP contribution >= 0.6 is 11.8 Å². The maximum absolute atomic E-state index is 5.80. The first-order valence-electron chi connectivity index (χ1n) is 8.29. The van der Waals surface area contributed by atoms with E-state index in [0.717, 1.165) is 17.2 Å². The lowest BCUT2D eigenvalue weighted by Crippen LogP contribution is -2.07. The molecule has 2 aromatic carbocycles. The summed E-state index contributed by atoms with van der Waals surface area (Å²) < 4.78 is 5.74. The highest BCUT2D eigenvalue weighted by atomic mass is 32.2. The van der Waals surface area contributed by atoms with Gasteiger partial charge in [0.1, 0.15) is 11.6 Å². The van der Waals surface area contributed by atoms with E-state index in [4.69, 9.17) is 10.5 Å². The van der Waals surface area contributed by atoms with Crippen molar-refractivity contribution in [3.05, 3.63) is 66.0 Å². The SMILES string of the molecule is Cc1cccc(OCCSCc2nc(N)nc(Nc3ccccc3)n2)c1. The highest BCUT2D eigenvalue weighted by Gasteiger charge is 2.05. The standard InChI is InChI=1S/C19H21N5OS/c1-14-6-5-9-16(12-14)25-10-11-26-13-17-22-18(20)24-19(23-17)21-15-7-3-2-4-8-15/h2-9,12H,10-11,13H2,1H3,(H3,20,21,22,23,24). The van der Waals surface area contributed by atoms with Crippen LogP contribution in [0.4, 0.5) is 17.6 Å². The van der Waals surface area contributed by atoms with E-state index in [1.54, 1.807) is 11.8 Å². The summed E-state index contributed by atoms with van der Waals surface area (Å²) in [5, 5.41) is 3.14. The number of nitrogens with one attached hydrogen (secondary N) is 1. The van der Waals surface area contributed by atoms with Gasteiger partial charge < -0.3 is 15.8 Å². The summed E-state index contributed by atoms with van der Waals surface area (Å²) in [4.78, 5) is 12.7. The molecule has 3 N–H and O–H groups in total. The zero-order valence-electron chi connectivity index (χ0n) is 14.6. The molecule has 0 aliphatic rings. The molecule has 0 radical (unpaired) electrons. The lowest BCUT2D eigenvalue weighted by Gasteiger charge is -2.08. The molecule has 0 spiro atoms. The number of aromatic nitrogens is 3. The molecule has 1 heterocycles. The molecule has 7 heteroatoms. The van der Waals surface area contributed by atoms with Gasteiger partial charge in [0.2, 0.25) is 11.9 Å². The maximum Gasteiger partial charge on any atom is 0.232 e. The minimum Gasteiger partial charge on any atom is -0.493 e. The highest BCUT2D eigenvalue weighted by Crippen LogP contribution is 2.16. The fourth-order valence-electron chi connectivity index (χ4n) is 2.30. The summed E-state index contributed by atoms with van der Waals surface area (Å²) in [7, 11) is 0. The second kappa shape index (κ2) is 9.05. The van der Waals surface area contributed by atoms with Crippen LogP contribution in [0.3, 0.4) is 0 Å². The molecule has 0 fully saturated rings. The van der Waals surface area contributed by atoms with Gasteiger partial charge in [0.25, 0.3) is 0 Å². The second-order valence-electron chi connectivity index (χ2n) is 5.64. The molecule has 0 amide bonds. The Morgan fingerprint density at radius 2 is 1.88 bits per heavy atom. The van der Waals surface area contributed by atoms with Crippen LogP contribution in [0.5, 0.6) is 5.75 Å². The van der Waals surface area contributed by atoms with Crippen molar-refractivity contribution in [1.82, 2.24) is 15.0 Å². The first-order chi connectivity index (χ1) is 12.7. The molecular weight excluding hydrogens is 346 g/mol. The summed E-state index contributed by atoms with van der Waals surface area (Å²) in [5.41, 5.74) is 7.89. The number of para-hydroxylation sites is 1. The minimum atomic E-state index is 0.213. The number of anilines is 3. The number of rotatable bonds is 8. The Kier molecular flexibility index (Phi) is 6.27. The van der Waals surface area contributed by atoms with E-state index in [1.807, 2.05) is 61.5 Å². The molecular formula is C19H21N5OS. The molecule has 0 bridgehead atoms. The van der Waals surface area contributed by atoms with Crippen molar-refractivity contribution in [2.45, 2.75) is 12.7 Å². The number of ether oxygens (including phenoxy) is 1. The Morgan fingerprint density at radius 1 is 1.04 bits per heavy atom. The molecule has 0 aliphatic carbocycles. The summed E-state index contributed by atoms with van der Waals surface area (Å²) in [6, 6.07) is 17.8. The van der Waals surface area contributed by atoms with Gasteiger partial charge in [-0.1, -0.05) is 30.3 Å². The molecule has 0 saturated heterocycles. The number of hydrogen-bond donors (Lipinski definition) is 2. The molecule has 3 rings (SSSR count). The maximum atomic E-state index is 5.80. The Hall–Kier alpha value is -2.80. The zero-order valence-corrected chi connectivity index (χ0v) is 15.4. The molecule has 134 valence electrons. The number of nitrogens with zero attached hydrogens (tertiary/aromatic N) is 3. The van der Waals surface area contributed by atoms with Crippen LogP contribution < -0.4 is 15.8 Å². The number of hydrogen-bond acceptors (Lipinski definition) is 7. The molecule has 26 heavy (non-hydrogen) atoms. The van der Waals surface area contributed by atoms with Gasteiger partial charge in [0.05, 0.1) is 12.4 Å². The molecule has 0 unspecified atom stereocenters. The van der Waals surface area contributed by atoms with E-state index in [-0.39, 0.29) is 5.95 Å². The molecule has 6 nitrogen and oxygen atoms in total. The molecule has 0 atom stereocenters. The Bertz CT molecular complexity index is 844. The van der Waals surface area contributed by atoms with Crippen molar-refractivity contribution >= 4 is 29.3 Å². The average Bonchev–Trinajstić information content (AvgIpc) is 2.62. The van der Waals surface area contributed by atoms with Gasteiger partial charge in [0, 0.05) is 11.4 Å². The van der Waals surface area contributed by atoms with Crippen molar-refractivity contribution in [3.8, 4) is 5.75 Å². The first-order valence-corrected chi connectivity index (χ1v) is 9.44. The normalized spacial score (nSPS) is 10.5. The summed E-state index contributed by atoms with van der Waals surface area (Å²) in [5.74, 6) is 3.69. The number of nitrogen functional groups attached to an aromatic ring is 1. The zero-order chi connectivity index (χ0) is 18.2. The van der Waals surface area contributed by atoms with Gasteiger partial charge in [-0.2, -0.15) is 26.7 Å². The van der Waals surface area contributed by atoms with Gasteiger partial charge in [-0.05, 0) is 36.8 Å². The van der Waals surface area contributed by atoms with Crippen molar-refractivity contribution in [2.24, 2.45) is 0 Å². The third kappa shape index (κ3) is 5.63. The van der Waals surface area contributed by atoms with Gasteiger partial charge in [-0.25, -0.2) is 0 Å². The van der Waals surface area contributed by atoms with Crippen molar-refractivity contribution in [2.75, 3.05) is 23.4 Å². The Balaban J connectivity index is 1.48. The Morgan fingerprint density at radius 3 is 2.69 bits per heavy atom. The van der Waals surface area contributed by atoms with E-state index < -0.39 is 0 Å². The first kappa shape index (κ1) is 18.0. The quantitative estimate of drug-likeness (QED) is 0.585. The third-order valence-corrected chi connectivity index (χ3v) is 4.36. The smallest absolute Gasteiger partial charge is 0.232 e. The third-order valence-electron chi connectivity index (χ3n) is 3.45. The van der Waals surface area contributed by atoms with E-state index in [1.165, 1.54) is 5.56 Å². The van der Waals surface area contributed by atoms with Crippen LogP contribution in [0.15, 0.2) is 54.6 Å². The van der Waals surface area contributed by atoms with Crippen molar-refractivity contribution in [1.29, 1.82) is 0 Å². The number of aryl methyl sites for hydroxylation is 1. The fraction of sp³-hybridized carbons (Fsp3) is 0.211. The van der Waals surface area contributed by atoms with Crippen LogP contribution in [-0.4, -0.2) is 27.3 Å². The number of nitrogens with two attached hydrogens (primary N) is 1. The highest BCUT2D eigenvalue weighted by molar-refractivity contribution is 7.98. The minimum absolute atomic E-state index is 0.213.